The summed E-state index contributed by atoms with van der Waals surface area (Å²) < 4.78 is 0. The van der Waals surface area contributed by atoms with Crippen molar-refractivity contribution in [3.05, 3.63) is 35.9 Å². The highest BCUT2D eigenvalue weighted by atomic mass is 35.5. The number of hydrogen-bond donors (Lipinski definition) is 1. The van der Waals surface area contributed by atoms with Gasteiger partial charge in [0.15, 0.2) is 0 Å². The maximum atomic E-state index is 11.7. The average Bonchev–Trinajstić information content (AvgIpc) is 2.46. The fourth-order valence-corrected chi connectivity index (χ4v) is 2.94. The van der Waals surface area contributed by atoms with Crippen molar-refractivity contribution < 1.29 is 4.79 Å². The van der Waals surface area contributed by atoms with E-state index in [0.717, 1.165) is 25.9 Å². The van der Waals surface area contributed by atoms with E-state index >= 15 is 0 Å². The summed E-state index contributed by atoms with van der Waals surface area (Å²) in [5.41, 5.74) is 6.85. The second-order valence-corrected chi connectivity index (χ2v) is 5.02. The quantitative estimate of drug-likeness (QED) is 0.925. The van der Waals surface area contributed by atoms with Crippen LogP contribution in [0.2, 0.25) is 0 Å². The van der Waals surface area contributed by atoms with Gasteiger partial charge in [-0.1, -0.05) is 43.7 Å². The minimum absolute atomic E-state index is 0. The number of hydrogen-bond acceptors (Lipinski definition) is 2. The summed E-state index contributed by atoms with van der Waals surface area (Å²) in [7, 11) is 0. The van der Waals surface area contributed by atoms with E-state index in [1.807, 2.05) is 4.90 Å². The molecule has 19 heavy (non-hydrogen) atoms. The van der Waals surface area contributed by atoms with Crippen LogP contribution in [0.25, 0.3) is 0 Å². The van der Waals surface area contributed by atoms with Crippen LogP contribution in [0, 0.1) is 5.92 Å². The van der Waals surface area contributed by atoms with Gasteiger partial charge in [0, 0.05) is 13.1 Å². The molecule has 4 heteroatoms. The zero-order chi connectivity index (χ0) is 13.0. The van der Waals surface area contributed by atoms with Gasteiger partial charge in [-0.3, -0.25) is 4.79 Å². The molecule has 2 N–H and O–H groups in total. The summed E-state index contributed by atoms with van der Waals surface area (Å²) in [5, 5.41) is 0. The third-order valence-corrected chi connectivity index (χ3v) is 4.01. The van der Waals surface area contributed by atoms with E-state index in [2.05, 4.69) is 37.3 Å². The minimum atomic E-state index is 0. The molecule has 0 bridgehead atoms. The molecule has 2 rings (SSSR count). The van der Waals surface area contributed by atoms with Crippen LogP contribution >= 0.6 is 12.4 Å². The van der Waals surface area contributed by atoms with Crippen molar-refractivity contribution in [3.63, 3.8) is 0 Å². The number of piperidine rings is 1. The van der Waals surface area contributed by atoms with Gasteiger partial charge in [-0.2, -0.15) is 0 Å². The molecular formula is C15H23ClN2O. The molecule has 0 radical (unpaired) electrons. The smallest absolute Gasteiger partial charge is 0.236 e. The van der Waals surface area contributed by atoms with Crippen LogP contribution in [0.5, 0.6) is 0 Å². The molecule has 1 aromatic rings. The molecular weight excluding hydrogens is 260 g/mol. The Hall–Kier alpha value is -1.06. The Morgan fingerprint density at radius 1 is 1.37 bits per heavy atom. The molecule has 1 fully saturated rings. The van der Waals surface area contributed by atoms with Crippen molar-refractivity contribution in [2.24, 2.45) is 11.7 Å². The van der Waals surface area contributed by atoms with Gasteiger partial charge in [0.25, 0.3) is 0 Å². The lowest BCUT2D eigenvalue weighted by molar-refractivity contribution is -0.131. The predicted octanol–water partition coefficient (Wildman–Crippen LogP) is 2.41. The van der Waals surface area contributed by atoms with Gasteiger partial charge in [-0.15, -0.1) is 12.4 Å². The molecule has 1 heterocycles. The molecule has 0 spiro atoms. The third kappa shape index (κ3) is 3.71. The second kappa shape index (κ2) is 7.51. The zero-order valence-electron chi connectivity index (χ0n) is 11.4. The van der Waals surface area contributed by atoms with E-state index in [1.165, 1.54) is 5.56 Å². The molecule has 1 aliphatic heterocycles. The Morgan fingerprint density at radius 2 is 2.05 bits per heavy atom. The lowest BCUT2D eigenvalue weighted by Crippen LogP contribution is -2.45. The molecule has 3 nitrogen and oxygen atoms in total. The first kappa shape index (κ1) is 16.0. The zero-order valence-corrected chi connectivity index (χ0v) is 12.2. The summed E-state index contributed by atoms with van der Waals surface area (Å²) >= 11 is 0. The van der Waals surface area contributed by atoms with Gasteiger partial charge in [-0.25, -0.2) is 0 Å². The highest BCUT2D eigenvalue weighted by Gasteiger charge is 2.30. The van der Waals surface area contributed by atoms with Crippen molar-refractivity contribution in [1.82, 2.24) is 4.90 Å². The van der Waals surface area contributed by atoms with Gasteiger partial charge in [-0.05, 0) is 23.8 Å². The lowest BCUT2D eigenvalue weighted by Gasteiger charge is -2.38. The lowest BCUT2D eigenvalue weighted by atomic mass is 9.79. The highest BCUT2D eigenvalue weighted by Crippen LogP contribution is 2.34. The summed E-state index contributed by atoms with van der Waals surface area (Å²) in [4.78, 5) is 13.6. The van der Waals surface area contributed by atoms with Crippen LogP contribution in [-0.2, 0) is 4.79 Å². The first-order valence-electron chi connectivity index (χ1n) is 6.79. The van der Waals surface area contributed by atoms with Crippen molar-refractivity contribution in [2.45, 2.75) is 25.7 Å². The van der Waals surface area contributed by atoms with Crippen molar-refractivity contribution >= 4 is 18.3 Å². The number of rotatable bonds is 3. The van der Waals surface area contributed by atoms with Crippen LogP contribution in [0.4, 0.5) is 0 Å². The fraction of sp³-hybridized carbons (Fsp3) is 0.533. The number of nitrogens with two attached hydrogens (primary N) is 1. The van der Waals surface area contributed by atoms with Crippen molar-refractivity contribution in [1.29, 1.82) is 0 Å². The third-order valence-electron chi connectivity index (χ3n) is 4.01. The van der Waals surface area contributed by atoms with Gasteiger partial charge >= 0.3 is 0 Å². The summed E-state index contributed by atoms with van der Waals surface area (Å²) in [6.45, 7) is 4.03. The first-order valence-corrected chi connectivity index (χ1v) is 6.79. The van der Waals surface area contributed by atoms with Crippen LogP contribution in [0.15, 0.2) is 30.3 Å². The highest BCUT2D eigenvalue weighted by molar-refractivity contribution is 5.85. The van der Waals surface area contributed by atoms with Crippen LogP contribution < -0.4 is 5.73 Å². The summed E-state index contributed by atoms with van der Waals surface area (Å²) in [6.07, 6.45) is 2.15. The number of halogens is 1. The van der Waals surface area contributed by atoms with E-state index in [0.29, 0.717) is 11.8 Å². The molecule has 0 saturated carbocycles. The van der Waals surface area contributed by atoms with Gasteiger partial charge in [0.05, 0.1) is 6.54 Å². The molecule has 0 aromatic heterocycles. The molecule has 0 aliphatic carbocycles. The van der Waals surface area contributed by atoms with Crippen LogP contribution in [0.3, 0.4) is 0 Å². The molecule has 2 unspecified atom stereocenters. The Bertz CT molecular complexity index is 396. The van der Waals surface area contributed by atoms with Gasteiger partial charge in [0.2, 0.25) is 5.91 Å². The number of amides is 1. The summed E-state index contributed by atoms with van der Waals surface area (Å²) in [6, 6.07) is 10.7. The van der Waals surface area contributed by atoms with E-state index in [1.54, 1.807) is 0 Å². The van der Waals surface area contributed by atoms with Crippen molar-refractivity contribution in [2.75, 3.05) is 19.6 Å². The van der Waals surface area contributed by atoms with Crippen LogP contribution in [0.1, 0.15) is 31.2 Å². The number of benzene rings is 1. The van der Waals surface area contributed by atoms with E-state index in [-0.39, 0.29) is 24.9 Å². The normalized spacial score (nSPS) is 22.7. The first-order chi connectivity index (χ1) is 8.76. The number of likely N-dealkylation sites (tertiary alicyclic amines) is 1. The Balaban J connectivity index is 0.00000180. The standard InChI is InChI=1S/C15H22N2O.ClH/c1-2-12-11-17(15(18)10-16)9-8-14(12)13-6-4-3-5-7-13;/h3-7,12,14H,2,8-11,16H2,1H3;1H. The SMILES string of the molecule is CCC1CN(C(=O)CN)CCC1c1ccccc1.Cl. The topological polar surface area (TPSA) is 46.3 Å². The molecule has 1 aliphatic rings. The van der Waals surface area contributed by atoms with Crippen molar-refractivity contribution in [3.8, 4) is 0 Å². The minimum Gasteiger partial charge on any atom is -0.341 e. The maximum Gasteiger partial charge on any atom is 0.236 e. The van der Waals surface area contributed by atoms with E-state index in [4.69, 9.17) is 5.73 Å². The predicted molar refractivity (Wildman–Crippen MR) is 80.5 cm³/mol. The number of carbonyl (C=O) groups excluding carboxylic acids is 1. The van der Waals surface area contributed by atoms with E-state index in [9.17, 15) is 4.79 Å². The number of nitrogens with zero attached hydrogens (tertiary/aromatic N) is 1. The molecule has 1 saturated heterocycles. The largest absolute Gasteiger partial charge is 0.341 e. The van der Waals surface area contributed by atoms with E-state index < -0.39 is 0 Å². The maximum absolute atomic E-state index is 11.7. The molecule has 1 amide bonds. The fourth-order valence-electron chi connectivity index (χ4n) is 2.94. The average molecular weight is 283 g/mol. The summed E-state index contributed by atoms with van der Waals surface area (Å²) in [5.74, 6) is 1.22. The molecule has 1 aromatic carbocycles. The molecule has 2 atom stereocenters. The monoisotopic (exact) mass is 282 g/mol. The number of carbonyl (C=O) groups is 1. The van der Waals surface area contributed by atoms with Gasteiger partial charge < -0.3 is 10.6 Å². The molecule has 106 valence electrons. The second-order valence-electron chi connectivity index (χ2n) is 5.02. The Kier molecular flexibility index (Phi) is 6.32. The van der Waals surface area contributed by atoms with Gasteiger partial charge in [0.1, 0.15) is 0 Å². The van der Waals surface area contributed by atoms with Crippen LogP contribution in [-0.4, -0.2) is 30.4 Å². The Labute approximate surface area is 121 Å². The Morgan fingerprint density at radius 3 is 2.63 bits per heavy atom.